The number of halogens is 2. The van der Waals surface area contributed by atoms with E-state index >= 15 is 0 Å². The van der Waals surface area contributed by atoms with Crippen LogP contribution in [0.5, 0.6) is 5.75 Å². The van der Waals surface area contributed by atoms with Crippen molar-refractivity contribution in [3.05, 3.63) is 33.5 Å². The van der Waals surface area contributed by atoms with Crippen molar-refractivity contribution in [2.45, 2.75) is 0 Å². The summed E-state index contributed by atoms with van der Waals surface area (Å²) in [6.07, 6.45) is 0. The highest BCUT2D eigenvalue weighted by molar-refractivity contribution is 9.10. The van der Waals surface area contributed by atoms with E-state index in [1.54, 1.807) is 18.2 Å². The Kier molecular flexibility index (Phi) is 3.58. The number of aromatic carboxylic acids is 1. The fourth-order valence-electron chi connectivity index (χ4n) is 1.49. The largest absolute Gasteiger partial charge is 0.496 e. The van der Waals surface area contributed by atoms with Gasteiger partial charge in [0.15, 0.2) is 5.69 Å². The number of carboxylic acids is 1. The SMILES string of the molecule is COc1ccc(Cl)cc1-c1nc(C(=O)O)c(Br)[nH]1. The Hall–Kier alpha value is -1.53. The van der Waals surface area contributed by atoms with Gasteiger partial charge in [-0.1, -0.05) is 11.6 Å². The summed E-state index contributed by atoms with van der Waals surface area (Å²) in [6, 6.07) is 5.02. The van der Waals surface area contributed by atoms with E-state index in [4.69, 9.17) is 21.4 Å². The second-order valence-corrected chi connectivity index (χ2v) is 4.63. The summed E-state index contributed by atoms with van der Waals surface area (Å²) in [6.45, 7) is 0. The lowest BCUT2D eigenvalue weighted by Crippen LogP contribution is -1.97. The highest BCUT2D eigenvalue weighted by atomic mass is 79.9. The van der Waals surface area contributed by atoms with Crippen molar-refractivity contribution < 1.29 is 14.6 Å². The first-order chi connectivity index (χ1) is 8.52. The minimum Gasteiger partial charge on any atom is -0.496 e. The number of hydrogen-bond acceptors (Lipinski definition) is 3. The van der Waals surface area contributed by atoms with Gasteiger partial charge in [-0.3, -0.25) is 0 Å². The van der Waals surface area contributed by atoms with Gasteiger partial charge < -0.3 is 14.8 Å². The van der Waals surface area contributed by atoms with Crippen LogP contribution in [0.1, 0.15) is 10.5 Å². The van der Waals surface area contributed by atoms with E-state index in [0.29, 0.717) is 26.8 Å². The van der Waals surface area contributed by atoms with Crippen LogP contribution in [0.15, 0.2) is 22.8 Å². The predicted octanol–water partition coefficient (Wildman–Crippen LogP) is 3.20. The van der Waals surface area contributed by atoms with Crippen molar-refractivity contribution in [3.63, 3.8) is 0 Å². The topological polar surface area (TPSA) is 75.2 Å². The fourth-order valence-corrected chi connectivity index (χ4v) is 2.10. The molecule has 0 aliphatic rings. The summed E-state index contributed by atoms with van der Waals surface area (Å²) in [4.78, 5) is 17.7. The zero-order chi connectivity index (χ0) is 13.3. The Morgan fingerprint density at radius 2 is 2.28 bits per heavy atom. The molecule has 0 spiro atoms. The fraction of sp³-hybridized carbons (Fsp3) is 0.0909. The zero-order valence-electron chi connectivity index (χ0n) is 9.20. The summed E-state index contributed by atoms with van der Waals surface area (Å²) in [5, 5.41) is 9.45. The van der Waals surface area contributed by atoms with Crippen molar-refractivity contribution in [1.29, 1.82) is 0 Å². The van der Waals surface area contributed by atoms with Gasteiger partial charge in [-0.15, -0.1) is 0 Å². The molecule has 7 heteroatoms. The average Bonchev–Trinajstić information content (AvgIpc) is 2.71. The van der Waals surface area contributed by atoms with Crippen LogP contribution in [0.4, 0.5) is 0 Å². The van der Waals surface area contributed by atoms with Gasteiger partial charge in [-0.05, 0) is 34.1 Å². The second-order valence-electron chi connectivity index (χ2n) is 3.40. The first kappa shape index (κ1) is 12.9. The lowest BCUT2D eigenvalue weighted by molar-refractivity contribution is 0.0690. The van der Waals surface area contributed by atoms with Gasteiger partial charge in [0.1, 0.15) is 16.2 Å². The molecule has 1 aromatic carbocycles. The molecule has 0 atom stereocenters. The number of hydrogen-bond donors (Lipinski definition) is 2. The second kappa shape index (κ2) is 4.99. The lowest BCUT2D eigenvalue weighted by Gasteiger charge is -2.06. The number of aromatic amines is 1. The molecule has 1 aromatic heterocycles. The molecule has 0 saturated heterocycles. The van der Waals surface area contributed by atoms with Gasteiger partial charge in [0.25, 0.3) is 0 Å². The Balaban J connectivity index is 2.58. The maximum Gasteiger partial charge on any atom is 0.357 e. The number of nitrogens with one attached hydrogen (secondary N) is 1. The number of carboxylic acid groups (broad SMARTS) is 1. The highest BCUT2D eigenvalue weighted by Crippen LogP contribution is 2.32. The quantitative estimate of drug-likeness (QED) is 0.905. The van der Waals surface area contributed by atoms with Gasteiger partial charge in [0, 0.05) is 5.02 Å². The minimum atomic E-state index is -1.12. The minimum absolute atomic E-state index is 0.0907. The summed E-state index contributed by atoms with van der Waals surface area (Å²) >= 11 is 9.01. The number of benzene rings is 1. The van der Waals surface area contributed by atoms with E-state index in [1.807, 2.05) is 0 Å². The van der Waals surface area contributed by atoms with Crippen LogP contribution in [-0.4, -0.2) is 28.2 Å². The molecule has 1 heterocycles. The highest BCUT2D eigenvalue weighted by Gasteiger charge is 2.18. The van der Waals surface area contributed by atoms with Crippen molar-refractivity contribution >= 4 is 33.5 Å². The third-order valence-electron chi connectivity index (χ3n) is 2.28. The van der Waals surface area contributed by atoms with Crippen LogP contribution in [-0.2, 0) is 0 Å². The van der Waals surface area contributed by atoms with Gasteiger partial charge in [0.05, 0.1) is 12.7 Å². The number of carbonyl (C=O) groups is 1. The molecule has 5 nitrogen and oxygen atoms in total. The van der Waals surface area contributed by atoms with E-state index in [1.165, 1.54) is 7.11 Å². The molecule has 0 saturated carbocycles. The van der Waals surface area contributed by atoms with E-state index < -0.39 is 5.97 Å². The Morgan fingerprint density at radius 1 is 1.56 bits per heavy atom. The molecule has 2 rings (SSSR count). The third-order valence-corrected chi connectivity index (χ3v) is 3.09. The zero-order valence-corrected chi connectivity index (χ0v) is 11.5. The van der Waals surface area contributed by atoms with Crippen LogP contribution in [0.2, 0.25) is 5.02 Å². The van der Waals surface area contributed by atoms with Crippen molar-refractivity contribution in [3.8, 4) is 17.1 Å². The van der Waals surface area contributed by atoms with Crippen molar-refractivity contribution in [1.82, 2.24) is 9.97 Å². The number of nitrogens with zero attached hydrogens (tertiary/aromatic N) is 1. The van der Waals surface area contributed by atoms with E-state index in [-0.39, 0.29) is 5.69 Å². The standard InChI is InChI=1S/C11H8BrClN2O3/c1-18-7-3-2-5(13)4-6(7)10-14-8(11(16)17)9(12)15-10/h2-4H,1H3,(H,14,15)(H,16,17). The summed E-state index contributed by atoms with van der Waals surface area (Å²) in [7, 11) is 1.52. The summed E-state index contributed by atoms with van der Waals surface area (Å²) in [5.74, 6) is -0.193. The molecule has 0 aliphatic carbocycles. The monoisotopic (exact) mass is 330 g/mol. The van der Waals surface area contributed by atoms with Gasteiger partial charge in [-0.2, -0.15) is 0 Å². The van der Waals surface area contributed by atoms with E-state index in [9.17, 15) is 4.79 Å². The molecular weight excluding hydrogens is 323 g/mol. The molecule has 0 bridgehead atoms. The maximum absolute atomic E-state index is 10.9. The molecule has 0 aliphatic heterocycles. The first-order valence-electron chi connectivity index (χ1n) is 4.85. The maximum atomic E-state index is 10.9. The molecular formula is C11H8BrClN2O3. The number of imidazole rings is 1. The summed E-state index contributed by atoms with van der Waals surface area (Å²) in [5.41, 5.74) is 0.505. The average molecular weight is 332 g/mol. The lowest BCUT2D eigenvalue weighted by atomic mass is 10.2. The van der Waals surface area contributed by atoms with Crippen molar-refractivity contribution in [2.75, 3.05) is 7.11 Å². The van der Waals surface area contributed by atoms with Gasteiger partial charge in [0.2, 0.25) is 0 Å². The van der Waals surface area contributed by atoms with Crippen LogP contribution < -0.4 is 4.74 Å². The number of aromatic nitrogens is 2. The number of methoxy groups -OCH3 is 1. The molecule has 0 amide bonds. The molecule has 0 fully saturated rings. The Bertz CT molecular complexity index is 612. The van der Waals surface area contributed by atoms with Crippen LogP contribution in [0.3, 0.4) is 0 Å². The van der Waals surface area contributed by atoms with Gasteiger partial charge in [-0.25, -0.2) is 9.78 Å². The van der Waals surface area contributed by atoms with E-state index in [2.05, 4.69) is 25.9 Å². The van der Waals surface area contributed by atoms with Crippen LogP contribution in [0, 0.1) is 0 Å². The first-order valence-corrected chi connectivity index (χ1v) is 6.02. The Labute approximate surface area is 116 Å². The number of rotatable bonds is 3. The normalized spacial score (nSPS) is 10.4. The van der Waals surface area contributed by atoms with E-state index in [0.717, 1.165) is 0 Å². The molecule has 2 aromatic rings. The predicted molar refractivity (Wildman–Crippen MR) is 70.2 cm³/mol. The molecule has 0 unspecified atom stereocenters. The Morgan fingerprint density at radius 3 is 2.83 bits per heavy atom. The molecule has 18 heavy (non-hydrogen) atoms. The number of H-pyrrole nitrogens is 1. The van der Waals surface area contributed by atoms with Gasteiger partial charge >= 0.3 is 5.97 Å². The number of ether oxygens (including phenoxy) is 1. The summed E-state index contributed by atoms with van der Waals surface area (Å²) < 4.78 is 5.48. The third kappa shape index (κ3) is 2.34. The van der Waals surface area contributed by atoms with Crippen LogP contribution in [0.25, 0.3) is 11.4 Å². The van der Waals surface area contributed by atoms with Crippen molar-refractivity contribution in [2.24, 2.45) is 0 Å². The molecule has 94 valence electrons. The molecule has 0 radical (unpaired) electrons. The smallest absolute Gasteiger partial charge is 0.357 e. The molecule has 2 N–H and O–H groups in total. The van der Waals surface area contributed by atoms with Crippen LogP contribution >= 0.6 is 27.5 Å².